The number of carboxylic acid groups (broad SMARTS) is 1. The van der Waals surface area contributed by atoms with Crippen molar-refractivity contribution in [2.45, 2.75) is 9.79 Å². The summed E-state index contributed by atoms with van der Waals surface area (Å²) >= 11 is 4.75. The van der Waals surface area contributed by atoms with Crippen molar-refractivity contribution in [3.63, 3.8) is 0 Å². The summed E-state index contributed by atoms with van der Waals surface area (Å²) in [5, 5.41) is 9.25. The molecule has 0 aliphatic carbocycles. The molecule has 2 aromatic rings. The van der Waals surface area contributed by atoms with Gasteiger partial charge in [0.25, 0.3) is 0 Å². The SMILES string of the molecule is O=C(O)c1ccc(Br)cc1Sc1ccc2c(c1)OCCO2. The average Bonchev–Trinajstić information content (AvgIpc) is 2.47. The maximum absolute atomic E-state index is 11.3. The molecule has 0 bridgehead atoms. The highest BCUT2D eigenvalue weighted by Gasteiger charge is 2.15. The van der Waals surface area contributed by atoms with Crippen molar-refractivity contribution in [1.29, 1.82) is 0 Å². The van der Waals surface area contributed by atoms with E-state index in [2.05, 4.69) is 15.9 Å². The standard InChI is InChI=1S/C15H11BrO4S/c16-9-1-3-11(15(17)18)14(7-9)21-10-2-4-12-13(8-10)20-6-5-19-12/h1-4,7-8H,5-6H2,(H,17,18). The van der Waals surface area contributed by atoms with E-state index in [9.17, 15) is 9.90 Å². The van der Waals surface area contributed by atoms with Gasteiger partial charge in [-0.1, -0.05) is 27.7 Å². The molecule has 0 atom stereocenters. The quantitative estimate of drug-likeness (QED) is 0.886. The summed E-state index contributed by atoms with van der Waals surface area (Å²) in [6.45, 7) is 1.08. The number of benzene rings is 2. The molecular formula is C15H11BrO4S. The number of halogens is 1. The first-order valence-corrected chi connectivity index (χ1v) is 7.85. The van der Waals surface area contributed by atoms with Crippen molar-refractivity contribution in [3.05, 3.63) is 46.4 Å². The molecule has 0 aromatic heterocycles. The second-order valence-electron chi connectivity index (χ2n) is 4.35. The van der Waals surface area contributed by atoms with Crippen molar-refractivity contribution in [2.75, 3.05) is 13.2 Å². The van der Waals surface area contributed by atoms with E-state index in [1.807, 2.05) is 18.2 Å². The van der Waals surface area contributed by atoms with E-state index in [-0.39, 0.29) is 5.56 Å². The van der Waals surface area contributed by atoms with E-state index < -0.39 is 5.97 Å². The van der Waals surface area contributed by atoms with Gasteiger partial charge in [-0.05, 0) is 36.4 Å². The Morgan fingerprint density at radius 2 is 1.86 bits per heavy atom. The van der Waals surface area contributed by atoms with Crippen LogP contribution in [0.25, 0.3) is 0 Å². The number of hydrogen-bond donors (Lipinski definition) is 1. The lowest BCUT2D eigenvalue weighted by Gasteiger charge is -2.18. The first-order valence-electron chi connectivity index (χ1n) is 6.24. The summed E-state index contributed by atoms with van der Waals surface area (Å²) < 4.78 is 11.9. The van der Waals surface area contributed by atoms with Gasteiger partial charge >= 0.3 is 5.97 Å². The van der Waals surface area contributed by atoms with Crippen molar-refractivity contribution < 1.29 is 19.4 Å². The van der Waals surface area contributed by atoms with Gasteiger partial charge in [0.2, 0.25) is 0 Å². The fraction of sp³-hybridized carbons (Fsp3) is 0.133. The van der Waals surface area contributed by atoms with Crippen LogP contribution in [0.4, 0.5) is 0 Å². The molecule has 1 aliphatic rings. The fourth-order valence-electron chi connectivity index (χ4n) is 1.97. The van der Waals surface area contributed by atoms with Gasteiger partial charge < -0.3 is 14.6 Å². The van der Waals surface area contributed by atoms with Crippen LogP contribution in [-0.4, -0.2) is 24.3 Å². The van der Waals surface area contributed by atoms with E-state index in [4.69, 9.17) is 9.47 Å². The van der Waals surface area contributed by atoms with Crippen LogP contribution in [0.1, 0.15) is 10.4 Å². The van der Waals surface area contributed by atoms with Crippen LogP contribution in [0.15, 0.2) is 50.7 Å². The van der Waals surface area contributed by atoms with Crippen LogP contribution in [0.3, 0.4) is 0 Å². The smallest absolute Gasteiger partial charge is 0.336 e. The highest BCUT2D eigenvalue weighted by molar-refractivity contribution is 9.10. The second-order valence-corrected chi connectivity index (χ2v) is 6.38. The Bertz CT molecular complexity index is 702. The molecule has 2 aromatic carbocycles. The molecule has 0 saturated carbocycles. The summed E-state index contributed by atoms with van der Waals surface area (Å²) in [7, 11) is 0. The molecule has 1 aliphatic heterocycles. The van der Waals surface area contributed by atoms with E-state index in [0.717, 1.165) is 15.1 Å². The number of carboxylic acids is 1. The molecule has 108 valence electrons. The minimum absolute atomic E-state index is 0.276. The van der Waals surface area contributed by atoms with Crippen LogP contribution < -0.4 is 9.47 Å². The van der Waals surface area contributed by atoms with Crippen LogP contribution in [0, 0.1) is 0 Å². The molecule has 0 spiro atoms. The molecule has 21 heavy (non-hydrogen) atoms. The monoisotopic (exact) mass is 366 g/mol. The molecule has 0 saturated heterocycles. The van der Waals surface area contributed by atoms with Crippen molar-refractivity contribution >= 4 is 33.7 Å². The van der Waals surface area contributed by atoms with Crippen molar-refractivity contribution in [2.24, 2.45) is 0 Å². The lowest BCUT2D eigenvalue weighted by Crippen LogP contribution is -2.15. The maximum Gasteiger partial charge on any atom is 0.336 e. The molecule has 0 amide bonds. The van der Waals surface area contributed by atoms with Gasteiger partial charge in [0, 0.05) is 14.3 Å². The van der Waals surface area contributed by atoms with Gasteiger partial charge in [-0.2, -0.15) is 0 Å². The van der Waals surface area contributed by atoms with Gasteiger partial charge in [0.1, 0.15) is 13.2 Å². The predicted molar refractivity (Wildman–Crippen MR) is 82.7 cm³/mol. The van der Waals surface area contributed by atoms with Gasteiger partial charge in [0.15, 0.2) is 11.5 Å². The van der Waals surface area contributed by atoms with Crippen molar-refractivity contribution in [1.82, 2.24) is 0 Å². The van der Waals surface area contributed by atoms with E-state index in [0.29, 0.717) is 23.9 Å². The second kappa shape index (κ2) is 5.99. The number of fused-ring (bicyclic) bond motifs is 1. The molecule has 3 rings (SSSR count). The molecule has 4 nitrogen and oxygen atoms in total. The zero-order valence-electron chi connectivity index (χ0n) is 10.8. The summed E-state index contributed by atoms with van der Waals surface area (Å²) in [4.78, 5) is 12.9. The molecule has 1 heterocycles. The number of hydrogen-bond acceptors (Lipinski definition) is 4. The minimum Gasteiger partial charge on any atom is -0.486 e. The zero-order valence-corrected chi connectivity index (χ0v) is 13.2. The lowest BCUT2D eigenvalue weighted by atomic mass is 10.2. The van der Waals surface area contributed by atoms with Gasteiger partial charge in [-0.3, -0.25) is 0 Å². The van der Waals surface area contributed by atoms with Crippen molar-refractivity contribution in [3.8, 4) is 11.5 Å². The molecule has 1 N–H and O–H groups in total. The highest BCUT2D eigenvalue weighted by Crippen LogP contribution is 2.38. The van der Waals surface area contributed by atoms with Crippen LogP contribution in [0.5, 0.6) is 11.5 Å². The van der Waals surface area contributed by atoms with E-state index in [1.54, 1.807) is 18.2 Å². The average molecular weight is 367 g/mol. The molecule has 0 unspecified atom stereocenters. The Kier molecular flexibility index (Phi) is 4.07. The third-order valence-corrected chi connectivity index (χ3v) is 4.46. The Morgan fingerprint density at radius 1 is 1.10 bits per heavy atom. The highest BCUT2D eigenvalue weighted by atomic mass is 79.9. The van der Waals surface area contributed by atoms with Gasteiger partial charge in [0.05, 0.1) is 5.56 Å². The third-order valence-electron chi connectivity index (χ3n) is 2.92. The third kappa shape index (κ3) is 3.16. The first-order chi connectivity index (χ1) is 10.1. The minimum atomic E-state index is -0.942. The lowest BCUT2D eigenvalue weighted by molar-refractivity contribution is 0.0693. The summed E-state index contributed by atoms with van der Waals surface area (Å²) in [6.07, 6.45) is 0. The molecule has 6 heteroatoms. The topological polar surface area (TPSA) is 55.8 Å². The van der Waals surface area contributed by atoms with Crippen LogP contribution in [0.2, 0.25) is 0 Å². The molecular weight excluding hydrogens is 356 g/mol. The van der Waals surface area contributed by atoms with Crippen LogP contribution >= 0.6 is 27.7 Å². The number of carbonyl (C=O) groups is 1. The van der Waals surface area contributed by atoms with Crippen LogP contribution in [-0.2, 0) is 0 Å². The predicted octanol–water partition coefficient (Wildman–Crippen LogP) is 4.07. The summed E-state index contributed by atoms with van der Waals surface area (Å²) in [5.74, 6) is 0.471. The number of ether oxygens (including phenoxy) is 2. The summed E-state index contributed by atoms with van der Waals surface area (Å²) in [5.41, 5.74) is 0.276. The Morgan fingerprint density at radius 3 is 2.62 bits per heavy atom. The largest absolute Gasteiger partial charge is 0.486 e. The van der Waals surface area contributed by atoms with Gasteiger partial charge in [-0.15, -0.1) is 0 Å². The van der Waals surface area contributed by atoms with E-state index in [1.165, 1.54) is 11.8 Å². The maximum atomic E-state index is 11.3. The Balaban J connectivity index is 1.93. The fourth-order valence-corrected chi connectivity index (χ4v) is 3.49. The van der Waals surface area contributed by atoms with Gasteiger partial charge in [-0.25, -0.2) is 4.79 Å². The van der Waals surface area contributed by atoms with E-state index >= 15 is 0 Å². The molecule has 0 fully saturated rings. The number of rotatable bonds is 3. The number of aromatic carboxylic acids is 1. The normalized spacial score (nSPS) is 13.0. The Labute approximate surface area is 134 Å². The Hall–Kier alpha value is -1.66. The zero-order chi connectivity index (χ0) is 14.8. The first kappa shape index (κ1) is 14.3. The summed E-state index contributed by atoms with van der Waals surface area (Å²) in [6, 6.07) is 10.7. The molecule has 0 radical (unpaired) electrons.